The van der Waals surface area contributed by atoms with Gasteiger partial charge in [-0.15, -0.1) is 0 Å². The van der Waals surface area contributed by atoms with Gasteiger partial charge in [-0.2, -0.15) is 5.10 Å². The fourth-order valence-electron chi connectivity index (χ4n) is 2.30. The Morgan fingerprint density at radius 3 is 2.68 bits per heavy atom. The van der Waals surface area contributed by atoms with Crippen LogP contribution in [0.5, 0.6) is 0 Å². The fourth-order valence-corrected chi connectivity index (χ4v) is 3.61. The summed E-state index contributed by atoms with van der Waals surface area (Å²) < 4.78 is 0. The molecule has 1 aromatic carbocycles. The Hall–Kier alpha value is -2.62. The molecule has 1 aliphatic rings. The molecule has 2 heterocycles. The number of aromatic nitrogens is 2. The Morgan fingerprint density at radius 1 is 1.21 bits per heavy atom. The third-order valence-corrected chi connectivity index (χ3v) is 5.13. The molecule has 1 aromatic heterocycles. The molecule has 1 saturated heterocycles. The van der Waals surface area contributed by atoms with E-state index in [0.29, 0.717) is 15.6 Å². The largest absolute Gasteiger partial charge is 0.349 e. The Morgan fingerprint density at radius 2 is 2.00 bits per heavy atom. The van der Waals surface area contributed by atoms with Crippen molar-refractivity contribution in [1.29, 1.82) is 0 Å². The van der Waals surface area contributed by atoms with E-state index in [-0.39, 0.29) is 23.7 Å². The molecule has 0 saturated carbocycles. The summed E-state index contributed by atoms with van der Waals surface area (Å²) in [5, 5.41) is 8.66. The lowest BCUT2D eigenvalue weighted by atomic mass is 10.2. The zero-order chi connectivity index (χ0) is 20.3. The first-order valence-electron chi connectivity index (χ1n) is 7.89. The number of carbonyl (C=O) groups is 3. The third-order valence-electron chi connectivity index (χ3n) is 3.66. The fraction of sp³-hybridized carbons (Fsp3) is 0.118. The predicted octanol–water partition coefficient (Wildman–Crippen LogP) is 2.54. The number of imide groups is 1. The van der Waals surface area contributed by atoms with E-state index in [1.165, 1.54) is 18.2 Å². The van der Waals surface area contributed by atoms with Gasteiger partial charge in [0.1, 0.15) is 5.69 Å². The Bertz CT molecular complexity index is 1030. The number of rotatable bonds is 5. The number of benzene rings is 1. The minimum absolute atomic E-state index is 0.00848. The lowest BCUT2D eigenvalue weighted by molar-refractivity contribution is -0.122. The molecule has 2 aromatic rings. The molecule has 1 fully saturated rings. The summed E-state index contributed by atoms with van der Waals surface area (Å²) in [7, 11) is 0. The number of nitrogens with one attached hydrogen (secondary N) is 2. The highest BCUT2D eigenvalue weighted by molar-refractivity contribution is 8.18. The van der Waals surface area contributed by atoms with Crippen LogP contribution in [0, 0.1) is 0 Å². The van der Waals surface area contributed by atoms with Crippen LogP contribution in [0.15, 0.2) is 40.0 Å². The third kappa shape index (κ3) is 4.61. The van der Waals surface area contributed by atoms with E-state index in [4.69, 9.17) is 23.2 Å². The van der Waals surface area contributed by atoms with Crippen molar-refractivity contribution in [1.82, 2.24) is 20.4 Å². The Kier molecular flexibility index (Phi) is 6.18. The molecular weight excluding hydrogens is 427 g/mol. The number of halogens is 2. The average Bonchev–Trinajstić information content (AvgIpc) is 2.92. The number of hydrogen-bond acceptors (Lipinski definition) is 6. The average molecular weight is 439 g/mol. The van der Waals surface area contributed by atoms with Crippen molar-refractivity contribution in [3.05, 3.63) is 66.9 Å². The molecule has 0 bridgehead atoms. The van der Waals surface area contributed by atoms with Crippen molar-refractivity contribution >= 4 is 58.1 Å². The lowest BCUT2D eigenvalue weighted by Crippen LogP contribution is -2.37. The molecule has 0 aliphatic carbocycles. The molecule has 0 unspecified atom stereocenters. The van der Waals surface area contributed by atoms with Crippen LogP contribution in [0.25, 0.3) is 6.08 Å². The van der Waals surface area contributed by atoms with Crippen LogP contribution in [0.4, 0.5) is 4.79 Å². The highest BCUT2D eigenvalue weighted by atomic mass is 35.5. The second kappa shape index (κ2) is 8.59. The molecule has 144 valence electrons. The number of nitrogens with zero attached hydrogens (tertiary/aromatic N) is 2. The van der Waals surface area contributed by atoms with Gasteiger partial charge in [0, 0.05) is 29.2 Å². The van der Waals surface area contributed by atoms with E-state index < -0.39 is 22.6 Å². The molecule has 1 aliphatic heterocycles. The van der Waals surface area contributed by atoms with Crippen LogP contribution < -0.4 is 10.9 Å². The van der Waals surface area contributed by atoms with Gasteiger partial charge in [-0.05, 0) is 41.6 Å². The van der Waals surface area contributed by atoms with E-state index in [1.807, 2.05) is 0 Å². The van der Waals surface area contributed by atoms with Crippen molar-refractivity contribution in [2.75, 3.05) is 13.1 Å². The summed E-state index contributed by atoms with van der Waals surface area (Å²) in [6, 6.07) is 7.26. The van der Waals surface area contributed by atoms with Crippen molar-refractivity contribution in [3.8, 4) is 0 Å². The van der Waals surface area contributed by atoms with E-state index in [1.54, 1.807) is 18.2 Å². The predicted molar refractivity (Wildman–Crippen MR) is 106 cm³/mol. The van der Waals surface area contributed by atoms with Crippen molar-refractivity contribution in [2.45, 2.75) is 0 Å². The van der Waals surface area contributed by atoms with E-state index >= 15 is 0 Å². The van der Waals surface area contributed by atoms with Gasteiger partial charge >= 0.3 is 0 Å². The zero-order valence-electron chi connectivity index (χ0n) is 14.1. The standard InChI is InChI=1S/C17H12Cl2N4O4S/c18-10-2-1-9(11(19)8-10)7-13-16(26)23(17(27)28-13)6-5-20-15(25)12-3-4-14(24)22-21-12/h1-4,7-8H,5-6H2,(H,20,25)(H,22,24)/b13-7-. The molecule has 0 radical (unpaired) electrons. The molecule has 3 amide bonds. The summed E-state index contributed by atoms with van der Waals surface area (Å²) in [5.74, 6) is -1.01. The van der Waals surface area contributed by atoms with Crippen LogP contribution in [0.1, 0.15) is 16.1 Å². The van der Waals surface area contributed by atoms with E-state index in [0.717, 1.165) is 16.7 Å². The van der Waals surface area contributed by atoms with Crippen LogP contribution in [-0.4, -0.2) is 45.2 Å². The number of H-pyrrole nitrogens is 1. The molecule has 8 nitrogen and oxygen atoms in total. The zero-order valence-corrected chi connectivity index (χ0v) is 16.4. The normalized spacial score (nSPS) is 15.4. The quantitative estimate of drug-likeness (QED) is 0.693. The lowest BCUT2D eigenvalue weighted by Gasteiger charge is -2.12. The maximum absolute atomic E-state index is 12.5. The smallest absolute Gasteiger partial charge is 0.293 e. The highest BCUT2D eigenvalue weighted by Crippen LogP contribution is 2.33. The Labute approximate surface area is 172 Å². The molecule has 3 rings (SSSR count). The van der Waals surface area contributed by atoms with Gasteiger partial charge in [-0.3, -0.25) is 24.1 Å². The molecule has 28 heavy (non-hydrogen) atoms. The van der Waals surface area contributed by atoms with Gasteiger partial charge in [0.2, 0.25) is 0 Å². The maximum atomic E-state index is 12.5. The number of thioether (sulfide) groups is 1. The highest BCUT2D eigenvalue weighted by Gasteiger charge is 2.34. The number of amides is 3. The van der Waals surface area contributed by atoms with Crippen molar-refractivity contribution in [3.63, 3.8) is 0 Å². The van der Waals surface area contributed by atoms with E-state index in [2.05, 4.69) is 15.5 Å². The summed E-state index contributed by atoms with van der Waals surface area (Å²) in [5.41, 5.74) is 0.155. The first-order chi connectivity index (χ1) is 13.3. The Balaban J connectivity index is 1.62. The van der Waals surface area contributed by atoms with Crippen molar-refractivity contribution < 1.29 is 14.4 Å². The monoisotopic (exact) mass is 438 g/mol. The van der Waals surface area contributed by atoms with Crippen LogP contribution in [0.3, 0.4) is 0 Å². The van der Waals surface area contributed by atoms with Gasteiger partial charge in [-0.1, -0.05) is 29.3 Å². The molecule has 11 heteroatoms. The SMILES string of the molecule is O=C(NCCN1C(=O)S/C(=C\c2ccc(Cl)cc2Cl)C1=O)c1ccc(=O)[nH]n1. The number of hydrogen-bond donors (Lipinski definition) is 2. The minimum Gasteiger partial charge on any atom is -0.349 e. The van der Waals surface area contributed by atoms with Crippen LogP contribution >= 0.6 is 35.0 Å². The van der Waals surface area contributed by atoms with Gasteiger partial charge < -0.3 is 5.32 Å². The summed E-state index contributed by atoms with van der Waals surface area (Å²) in [4.78, 5) is 48.7. The summed E-state index contributed by atoms with van der Waals surface area (Å²) in [6.45, 7) is 0.0259. The minimum atomic E-state index is -0.535. The summed E-state index contributed by atoms with van der Waals surface area (Å²) in [6.07, 6.45) is 1.52. The summed E-state index contributed by atoms with van der Waals surface area (Å²) >= 11 is 12.7. The first-order valence-corrected chi connectivity index (χ1v) is 9.47. The maximum Gasteiger partial charge on any atom is 0.293 e. The topological polar surface area (TPSA) is 112 Å². The molecule has 0 atom stereocenters. The second-order valence-electron chi connectivity index (χ2n) is 5.56. The van der Waals surface area contributed by atoms with Gasteiger partial charge in [0.25, 0.3) is 22.6 Å². The van der Waals surface area contributed by atoms with Crippen LogP contribution in [-0.2, 0) is 4.79 Å². The van der Waals surface area contributed by atoms with Gasteiger partial charge in [0.15, 0.2) is 0 Å². The molecule has 0 spiro atoms. The van der Waals surface area contributed by atoms with Crippen LogP contribution in [0.2, 0.25) is 10.0 Å². The molecular formula is C17H12Cl2N4O4S. The van der Waals surface area contributed by atoms with E-state index in [9.17, 15) is 19.2 Å². The number of carbonyl (C=O) groups excluding carboxylic acids is 3. The number of aromatic amines is 1. The van der Waals surface area contributed by atoms with Gasteiger partial charge in [0.05, 0.1) is 4.91 Å². The molecule has 2 N–H and O–H groups in total. The second-order valence-corrected chi connectivity index (χ2v) is 7.40. The first kappa shape index (κ1) is 20.1. The van der Waals surface area contributed by atoms with Crippen molar-refractivity contribution in [2.24, 2.45) is 0 Å². The van der Waals surface area contributed by atoms with Gasteiger partial charge in [-0.25, -0.2) is 5.10 Å².